The number of carbonyl (C=O) groups excluding carboxylic acids is 1. The molecule has 0 spiro atoms. The van der Waals surface area contributed by atoms with E-state index in [4.69, 9.17) is 0 Å². The van der Waals surface area contributed by atoms with Crippen LogP contribution in [0.1, 0.15) is 25.7 Å². The van der Waals surface area contributed by atoms with Crippen LogP contribution < -0.4 is 5.32 Å². The quantitative estimate of drug-likeness (QED) is 0.847. The maximum absolute atomic E-state index is 12.0. The number of halogens is 3. The van der Waals surface area contributed by atoms with Gasteiger partial charge in [0.25, 0.3) is 0 Å². The van der Waals surface area contributed by atoms with Crippen molar-refractivity contribution in [2.45, 2.75) is 37.9 Å². The number of piperazine rings is 1. The van der Waals surface area contributed by atoms with Gasteiger partial charge in [-0.15, -0.1) is 0 Å². The Morgan fingerprint density at radius 3 is 2.25 bits per heavy atom. The van der Waals surface area contributed by atoms with Gasteiger partial charge in [0.2, 0.25) is 5.91 Å². The molecule has 1 aliphatic carbocycles. The zero-order valence-corrected chi connectivity index (χ0v) is 11.6. The molecule has 0 aromatic rings. The lowest BCUT2D eigenvalue weighted by Gasteiger charge is -2.38. The Balaban J connectivity index is 1.66. The van der Waals surface area contributed by atoms with Gasteiger partial charge >= 0.3 is 6.18 Å². The van der Waals surface area contributed by atoms with E-state index in [1.807, 2.05) is 0 Å². The predicted octanol–water partition coefficient (Wildman–Crippen LogP) is 1.23. The monoisotopic (exact) mass is 293 g/mol. The van der Waals surface area contributed by atoms with Crippen LogP contribution in [0.25, 0.3) is 0 Å². The van der Waals surface area contributed by atoms with Crippen molar-refractivity contribution in [3.05, 3.63) is 0 Å². The highest BCUT2D eigenvalue weighted by Crippen LogP contribution is 2.24. The average molecular weight is 293 g/mol. The van der Waals surface area contributed by atoms with Gasteiger partial charge < -0.3 is 10.2 Å². The van der Waals surface area contributed by atoms with Crippen LogP contribution in [-0.2, 0) is 4.79 Å². The number of amides is 1. The zero-order chi connectivity index (χ0) is 14.6. The molecule has 2 fully saturated rings. The summed E-state index contributed by atoms with van der Waals surface area (Å²) in [5.74, 6) is -0.236. The molecule has 0 atom stereocenters. The number of nitrogens with one attached hydrogen (secondary N) is 1. The van der Waals surface area contributed by atoms with Crippen molar-refractivity contribution in [3.8, 4) is 0 Å². The Kier molecular flexibility index (Phi) is 5.26. The van der Waals surface area contributed by atoms with Crippen LogP contribution in [-0.4, -0.2) is 67.2 Å². The number of hydrogen-bond acceptors (Lipinski definition) is 3. The summed E-state index contributed by atoms with van der Waals surface area (Å²) in [7, 11) is 0. The molecule has 0 aromatic carbocycles. The predicted molar refractivity (Wildman–Crippen MR) is 69.3 cm³/mol. The van der Waals surface area contributed by atoms with Crippen LogP contribution >= 0.6 is 0 Å². The molecule has 1 saturated heterocycles. The fourth-order valence-electron chi connectivity index (χ4n) is 3.03. The van der Waals surface area contributed by atoms with E-state index in [-0.39, 0.29) is 12.5 Å². The molecular weight excluding hydrogens is 271 g/mol. The van der Waals surface area contributed by atoms with E-state index in [1.165, 1.54) is 25.7 Å². The van der Waals surface area contributed by atoms with E-state index in [9.17, 15) is 18.0 Å². The lowest BCUT2D eigenvalue weighted by Crippen LogP contribution is -2.53. The van der Waals surface area contributed by atoms with Crippen molar-refractivity contribution >= 4 is 5.91 Å². The number of hydrogen-bond donors (Lipinski definition) is 1. The van der Waals surface area contributed by atoms with E-state index in [0.717, 1.165) is 13.1 Å². The second-order valence-corrected chi connectivity index (χ2v) is 5.57. The second-order valence-electron chi connectivity index (χ2n) is 5.57. The Bertz CT molecular complexity index is 321. The third-order valence-electron chi connectivity index (χ3n) is 4.11. The second kappa shape index (κ2) is 6.76. The van der Waals surface area contributed by atoms with Gasteiger partial charge in [0.1, 0.15) is 0 Å². The maximum Gasteiger partial charge on any atom is 0.401 e. The number of nitrogens with zero attached hydrogens (tertiary/aromatic N) is 2. The smallest absolute Gasteiger partial charge is 0.339 e. The number of alkyl halides is 3. The molecule has 0 radical (unpaired) electrons. The summed E-state index contributed by atoms with van der Waals surface area (Å²) in [4.78, 5) is 15.9. The summed E-state index contributed by atoms with van der Waals surface area (Å²) in [6.07, 6.45) is 0.778. The molecule has 0 bridgehead atoms. The summed E-state index contributed by atoms with van der Waals surface area (Å²) >= 11 is 0. The molecule has 2 aliphatic rings. The van der Waals surface area contributed by atoms with Gasteiger partial charge in [0, 0.05) is 32.2 Å². The van der Waals surface area contributed by atoms with E-state index >= 15 is 0 Å². The molecule has 1 aliphatic heterocycles. The molecule has 4 nitrogen and oxygen atoms in total. The van der Waals surface area contributed by atoms with Crippen molar-refractivity contribution in [2.24, 2.45) is 0 Å². The average Bonchev–Trinajstić information content (AvgIpc) is 2.91. The Labute approximate surface area is 117 Å². The lowest BCUT2D eigenvalue weighted by atomic mass is 10.2. The Morgan fingerprint density at radius 1 is 1.10 bits per heavy atom. The summed E-state index contributed by atoms with van der Waals surface area (Å²) in [6, 6.07) is 0.649. The highest BCUT2D eigenvalue weighted by molar-refractivity contribution is 5.78. The minimum absolute atomic E-state index is 0.233. The first-order valence-electron chi connectivity index (χ1n) is 7.25. The van der Waals surface area contributed by atoms with Crippen LogP contribution in [0.5, 0.6) is 0 Å². The molecule has 1 amide bonds. The van der Waals surface area contributed by atoms with Gasteiger partial charge in [-0.3, -0.25) is 9.69 Å². The van der Waals surface area contributed by atoms with Crippen LogP contribution in [0, 0.1) is 0 Å². The molecule has 116 valence electrons. The van der Waals surface area contributed by atoms with Gasteiger partial charge in [0.05, 0.1) is 13.1 Å². The molecule has 0 unspecified atom stereocenters. The van der Waals surface area contributed by atoms with E-state index in [1.54, 1.807) is 4.90 Å². The molecule has 1 N–H and O–H groups in total. The van der Waals surface area contributed by atoms with E-state index < -0.39 is 12.7 Å². The fraction of sp³-hybridized carbons (Fsp3) is 0.923. The van der Waals surface area contributed by atoms with E-state index in [0.29, 0.717) is 19.1 Å². The summed E-state index contributed by atoms with van der Waals surface area (Å²) in [5.41, 5.74) is 0. The highest BCUT2D eigenvalue weighted by Gasteiger charge is 2.29. The molecule has 1 saturated carbocycles. The van der Waals surface area contributed by atoms with Crippen molar-refractivity contribution in [1.29, 1.82) is 0 Å². The molecule has 0 aromatic heterocycles. The molecule has 7 heteroatoms. The maximum atomic E-state index is 12.0. The zero-order valence-electron chi connectivity index (χ0n) is 11.6. The molecular formula is C13H22F3N3O. The van der Waals surface area contributed by atoms with Crippen molar-refractivity contribution in [2.75, 3.05) is 39.3 Å². The van der Waals surface area contributed by atoms with Crippen LogP contribution in [0.4, 0.5) is 13.2 Å². The topological polar surface area (TPSA) is 35.6 Å². The fourth-order valence-corrected chi connectivity index (χ4v) is 3.03. The van der Waals surface area contributed by atoms with Crippen molar-refractivity contribution in [1.82, 2.24) is 15.1 Å². The summed E-state index contributed by atoms with van der Waals surface area (Å²) in [5, 5.41) is 2.16. The van der Waals surface area contributed by atoms with E-state index in [2.05, 4.69) is 10.2 Å². The molecule has 20 heavy (non-hydrogen) atoms. The third kappa shape index (κ3) is 4.63. The minimum atomic E-state index is -4.26. The normalized spacial score (nSPS) is 22.4. The molecule has 1 heterocycles. The third-order valence-corrected chi connectivity index (χ3v) is 4.11. The van der Waals surface area contributed by atoms with Crippen LogP contribution in [0.15, 0.2) is 0 Å². The van der Waals surface area contributed by atoms with Gasteiger partial charge in [0.15, 0.2) is 0 Å². The first kappa shape index (κ1) is 15.6. The minimum Gasteiger partial charge on any atom is -0.339 e. The number of rotatable bonds is 4. The van der Waals surface area contributed by atoms with Gasteiger partial charge in [-0.05, 0) is 12.8 Å². The summed E-state index contributed by atoms with van der Waals surface area (Å²) < 4.78 is 35.9. The van der Waals surface area contributed by atoms with Gasteiger partial charge in [-0.25, -0.2) is 0 Å². The van der Waals surface area contributed by atoms with Crippen molar-refractivity contribution in [3.63, 3.8) is 0 Å². The summed E-state index contributed by atoms with van der Waals surface area (Å²) in [6.45, 7) is 1.60. The van der Waals surface area contributed by atoms with Gasteiger partial charge in [-0.2, -0.15) is 13.2 Å². The first-order valence-corrected chi connectivity index (χ1v) is 7.25. The van der Waals surface area contributed by atoms with Crippen LogP contribution in [0.2, 0.25) is 0 Å². The largest absolute Gasteiger partial charge is 0.401 e. The molecule has 2 rings (SSSR count). The van der Waals surface area contributed by atoms with Crippen LogP contribution in [0.3, 0.4) is 0 Å². The lowest BCUT2D eigenvalue weighted by molar-refractivity contribution is -0.135. The highest BCUT2D eigenvalue weighted by atomic mass is 19.4. The SMILES string of the molecule is O=C(CNCC(F)(F)F)N1CCN(C2CCCC2)CC1. The Morgan fingerprint density at radius 2 is 1.70 bits per heavy atom. The first-order chi connectivity index (χ1) is 9.46. The van der Waals surface area contributed by atoms with Gasteiger partial charge in [-0.1, -0.05) is 12.8 Å². The number of carbonyl (C=O) groups is 1. The standard InChI is InChI=1S/C13H22F3N3O/c14-13(15,16)10-17-9-12(20)19-7-5-18(6-8-19)11-3-1-2-4-11/h11,17H,1-10H2. The Hall–Kier alpha value is -0.820. The van der Waals surface area contributed by atoms with Crippen molar-refractivity contribution < 1.29 is 18.0 Å².